The van der Waals surface area contributed by atoms with Gasteiger partial charge in [-0.25, -0.2) is 4.39 Å². The Kier molecular flexibility index (Phi) is 5.74. The minimum atomic E-state index is -0.427. The number of carbonyl (C=O) groups is 1. The summed E-state index contributed by atoms with van der Waals surface area (Å²) < 4.78 is 11.5. The van der Waals surface area contributed by atoms with Crippen LogP contribution in [0.2, 0.25) is 0 Å². The SMILES string of the molecule is CCN(C)C(=O)CNCCF. The first-order valence-corrected chi connectivity index (χ1v) is 3.73. The second-order valence-corrected chi connectivity index (χ2v) is 2.27. The lowest BCUT2D eigenvalue weighted by Gasteiger charge is -2.13. The number of alkyl halides is 1. The first-order chi connectivity index (χ1) is 5.22. The molecule has 0 aromatic rings. The van der Waals surface area contributed by atoms with Gasteiger partial charge in [0.15, 0.2) is 0 Å². The molecule has 11 heavy (non-hydrogen) atoms. The number of likely N-dealkylation sites (N-methyl/N-ethyl adjacent to an activating group) is 1. The minimum Gasteiger partial charge on any atom is -0.345 e. The molecule has 1 N–H and O–H groups in total. The highest BCUT2D eigenvalue weighted by Crippen LogP contribution is 1.80. The minimum absolute atomic E-state index is 0.000880. The van der Waals surface area contributed by atoms with Gasteiger partial charge in [-0.15, -0.1) is 0 Å². The van der Waals surface area contributed by atoms with E-state index in [2.05, 4.69) is 5.32 Å². The van der Waals surface area contributed by atoms with Crippen LogP contribution in [0.3, 0.4) is 0 Å². The van der Waals surface area contributed by atoms with E-state index in [-0.39, 0.29) is 19.0 Å². The molecule has 0 atom stereocenters. The lowest BCUT2D eigenvalue weighted by Crippen LogP contribution is -2.36. The van der Waals surface area contributed by atoms with Gasteiger partial charge in [-0.05, 0) is 6.92 Å². The Bertz CT molecular complexity index is 119. The summed E-state index contributed by atoms with van der Waals surface area (Å²) >= 11 is 0. The fourth-order valence-electron chi connectivity index (χ4n) is 0.573. The van der Waals surface area contributed by atoms with Gasteiger partial charge in [-0.2, -0.15) is 0 Å². The molecule has 0 bridgehead atoms. The van der Waals surface area contributed by atoms with Gasteiger partial charge in [-0.1, -0.05) is 0 Å². The van der Waals surface area contributed by atoms with Gasteiger partial charge in [0.2, 0.25) is 5.91 Å². The van der Waals surface area contributed by atoms with E-state index in [0.717, 1.165) is 0 Å². The summed E-state index contributed by atoms with van der Waals surface area (Å²) in [5.74, 6) is 0.000880. The van der Waals surface area contributed by atoms with Crippen LogP contribution in [0.15, 0.2) is 0 Å². The third-order valence-electron chi connectivity index (χ3n) is 1.45. The highest BCUT2D eigenvalue weighted by atomic mass is 19.1. The van der Waals surface area contributed by atoms with E-state index in [1.54, 1.807) is 11.9 Å². The second kappa shape index (κ2) is 6.09. The molecule has 0 aromatic carbocycles. The molecule has 3 nitrogen and oxygen atoms in total. The smallest absolute Gasteiger partial charge is 0.236 e. The lowest BCUT2D eigenvalue weighted by atomic mass is 10.5. The second-order valence-electron chi connectivity index (χ2n) is 2.27. The summed E-state index contributed by atoms with van der Waals surface area (Å²) in [4.78, 5) is 12.6. The number of halogens is 1. The van der Waals surface area contributed by atoms with Crippen LogP contribution in [0.25, 0.3) is 0 Å². The Morgan fingerprint density at radius 2 is 2.27 bits per heavy atom. The van der Waals surface area contributed by atoms with Crippen molar-refractivity contribution >= 4 is 5.91 Å². The summed E-state index contributed by atoms with van der Waals surface area (Å²) in [6, 6.07) is 0. The monoisotopic (exact) mass is 162 g/mol. The van der Waals surface area contributed by atoms with Gasteiger partial charge in [-0.3, -0.25) is 4.79 Å². The van der Waals surface area contributed by atoms with Gasteiger partial charge in [0.1, 0.15) is 6.67 Å². The zero-order valence-electron chi connectivity index (χ0n) is 7.06. The quantitative estimate of drug-likeness (QED) is 0.578. The first kappa shape index (κ1) is 10.4. The number of amides is 1. The largest absolute Gasteiger partial charge is 0.345 e. The molecule has 66 valence electrons. The maximum atomic E-state index is 11.5. The molecular weight excluding hydrogens is 147 g/mol. The van der Waals surface area contributed by atoms with Crippen LogP contribution in [-0.2, 0) is 4.79 Å². The third kappa shape index (κ3) is 4.72. The summed E-state index contributed by atoms with van der Waals surface area (Å²) in [5.41, 5.74) is 0. The van der Waals surface area contributed by atoms with Gasteiger partial charge < -0.3 is 10.2 Å². The topological polar surface area (TPSA) is 32.3 Å². The maximum absolute atomic E-state index is 11.5. The average Bonchev–Trinajstić information content (AvgIpc) is 2.03. The molecule has 0 aliphatic rings. The molecular formula is C7H15FN2O. The van der Waals surface area contributed by atoms with Gasteiger partial charge in [0.05, 0.1) is 6.54 Å². The molecule has 0 aliphatic heterocycles. The van der Waals surface area contributed by atoms with Crippen LogP contribution in [-0.4, -0.2) is 44.2 Å². The Balaban J connectivity index is 3.36. The molecule has 0 radical (unpaired) electrons. The third-order valence-corrected chi connectivity index (χ3v) is 1.45. The predicted molar refractivity (Wildman–Crippen MR) is 42.2 cm³/mol. The molecule has 0 saturated heterocycles. The summed E-state index contributed by atoms with van der Waals surface area (Å²) in [5, 5.41) is 2.68. The van der Waals surface area contributed by atoms with E-state index < -0.39 is 6.67 Å². The number of hydrogen-bond acceptors (Lipinski definition) is 2. The van der Waals surface area contributed by atoms with Gasteiger partial charge in [0.25, 0.3) is 0 Å². The van der Waals surface area contributed by atoms with Gasteiger partial charge in [0, 0.05) is 20.1 Å². The number of carbonyl (C=O) groups excluding carboxylic acids is 1. The average molecular weight is 162 g/mol. The molecule has 0 heterocycles. The van der Waals surface area contributed by atoms with Crippen LogP contribution in [0.4, 0.5) is 4.39 Å². The van der Waals surface area contributed by atoms with Crippen LogP contribution < -0.4 is 5.32 Å². The molecule has 4 heteroatoms. The van der Waals surface area contributed by atoms with Crippen molar-refractivity contribution in [2.75, 3.05) is 33.4 Å². The maximum Gasteiger partial charge on any atom is 0.236 e. The number of nitrogens with one attached hydrogen (secondary N) is 1. The predicted octanol–water partition coefficient (Wildman–Crippen LogP) is 0.0238. The first-order valence-electron chi connectivity index (χ1n) is 3.73. The van der Waals surface area contributed by atoms with E-state index in [4.69, 9.17) is 0 Å². The molecule has 1 amide bonds. The molecule has 0 rings (SSSR count). The zero-order valence-corrected chi connectivity index (χ0v) is 7.06. The van der Waals surface area contributed by atoms with Crippen molar-refractivity contribution in [3.8, 4) is 0 Å². The number of rotatable bonds is 5. The van der Waals surface area contributed by atoms with Crippen molar-refractivity contribution in [1.29, 1.82) is 0 Å². The molecule has 0 aromatic heterocycles. The molecule has 0 fully saturated rings. The van der Waals surface area contributed by atoms with Crippen LogP contribution >= 0.6 is 0 Å². The van der Waals surface area contributed by atoms with E-state index in [1.807, 2.05) is 6.92 Å². The van der Waals surface area contributed by atoms with E-state index in [0.29, 0.717) is 6.54 Å². The normalized spacial score (nSPS) is 9.73. The van der Waals surface area contributed by atoms with Crippen molar-refractivity contribution in [2.45, 2.75) is 6.92 Å². The Morgan fingerprint density at radius 3 is 2.73 bits per heavy atom. The molecule has 0 unspecified atom stereocenters. The number of nitrogens with zero attached hydrogens (tertiary/aromatic N) is 1. The lowest BCUT2D eigenvalue weighted by molar-refractivity contribution is -0.128. The van der Waals surface area contributed by atoms with Crippen molar-refractivity contribution in [3.05, 3.63) is 0 Å². The Labute approximate surface area is 66.6 Å². The van der Waals surface area contributed by atoms with Crippen LogP contribution in [0, 0.1) is 0 Å². The Morgan fingerprint density at radius 1 is 1.64 bits per heavy atom. The molecule has 0 aliphatic carbocycles. The van der Waals surface area contributed by atoms with Crippen molar-refractivity contribution in [2.24, 2.45) is 0 Å². The van der Waals surface area contributed by atoms with Crippen LogP contribution in [0.5, 0.6) is 0 Å². The van der Waals surface area contributed by atoms with Crippen LogP contribution in [0.1, 0.15) is 6.92 Å². The van der Waals surface area contributed by atoms with Crippen molar-refractivity contribution in [1.82, 2.24) is 10.2 Å². The standard InChI is InChI=1S/C7H15FN2O/c1-3-10(2)7(11)6-9-5-4-8/h9H,3-6H2,1-2H3. The summed E-state index contributed by atoms with van der Waals surface area (Å²) in [6.07, 6.45) is 0. The van der Waals surface area contributed by atoms with Gasteiger partial charge >= 0.3 is 0 Å². The fourth-order valence-corrected chi connectivity index (χ4v) is 0.573. The highest BCUT2D eigenvalue weighted by molar-refractivity contribution is 5.77. The zero-order chi connectivity index (χ0) is 8.69. The summed E-state index contributed by atoms with van der Waals surface area (Å²) in [7, 11) is 1.72. The number of hydrogen-bond donors (Lipinski definition) is 1. The molecule has 0 spiro atoms. The van der Waals surface area contributed by atoms with E-state index in [1.165, 1.54) is 0 Å². The van der Waals surface area contributed by atoms with E-state index >= 15 is 0 Å². The Hall–Kier alpha value is -0.640. The molecule has 0 saturated carbocycles. The fraction of sp³-hybridized carbons (Fsp3) is 0.857. The van der Waals surface area contributed by atoms with Crippen molar-refractivity contribution < 1.29 is 9.18 Å². The summed E-state index contributed by atoms with van der Waals surface area (Å²) in [6.45, 7) is 2.64. The van der Waals surface area contributed by atoms with Crippen molar-refractivity contribution in [3.63, 3.8) is 0 Å². The highest BCUT2D eigenvalue weighted by Gasteiger charge is 2.03. The van der Waals surface area contributed by atoms with E-state index in [9.17, 15) is 9.18 Å².